The van der Waals surface area contributed by atoms with Crippen LogP contribution in [0.2, 0.25) is 0 Å². The largest absolute Gasteiger partial charge is 0.390 e. The first-order valence-electron chi connectivity index (χ1n) is 8.84. The Balaban J connectivity index is 1.41. The van der Waals surface area contributed by atoms with E-state index < -0.39 is 0 Å². The number of rotatable bonds is 4. The molecular weight excluding hydrogens is 312 g/mol. The molecule has 0 aromatic heterocycles. The summed E-state index contributed by atoms with van der Waals surface area (Å²) in [7, 11) is 0. The molecule has 2 aromatic rings. The van der Waals surface area contributed by atoms with Crippen LogP contribution in [-0.2, 0) is 16.1 Å². The van der Waals surface area contributed by atoms with Gasteiger partial charge in [0.25, 0.3) is 0 Å². The highest BCUT2D eigenvalue weighted by Gasteiger charge is 2.44. The second-order valence-corrected chi connectivity index (χ2v) is 6.83. The molecule has 0 saturated carbocycles. The van der Waals surface area contributed by atoms with Crippen molar-refractivity contribution in [2.75, 3.05) is 13.1 Å². The Kier molecular flexibility index (Phi) is 4.26. The van der Waals surface area contributed by atoms with E-state index >= 15 is 0 Å². The molecular formula is C21H22N2O2. The molecule has 2 aliphatic rings. The summed E-state index contributed by atoms with van der Waals surface area (Å²) in [6, 6.07) is 18.4. The first-order valence-corrected chi connectivity index (χ1v) is 8.84. The molecule has 0 N–H and O–H groups in total. The van der Waals surface area contributed by atoms with Crippen LogP contribution in [0.3, 0.4) is 0 Å². The van der Waals surface area contributed by atoms with Crippen molar-refractivity contribution in [3.05, 3.63) is 71.3 Å². The van der Waals surface area contributed by atoms with Crippen LogP contribution in [0.25, 0.3) is 0 Å². The van der Waals surface area contributed by atoms with E-state index in [9.17, 15) is 4.79 Å². The Labute approximate surface area is 148 Å². The van der Waals surface area contributed by atoms with Gasteiger partial charge in [0.05, 0.1) is 18.2 Å². The minimum Gasteiger partial charge on any atom is -0.390 e. The number of hydrogen-bond donors (Lipinski definition) is 0. The summed E-state index contributed by atoms with van der Waals surface area (Å²) in [5, 5.41) is 4.32. The van der Waals surface area contributed by atoms with E-state index in [1.165, 1.54) is 11.1 Å². The molecule has 1 fully saturated rings. The lowest BCUT2D eigenvalue weighted by atomic mass is 9.92. The molecule has 2 aromatic carbocycles. The van der Waals surface area contributed by atoms with E-state index in [1.54, 1.807) is 0 Å². The van der Waals surface area contributed by atoms with Crippen molar-refractivity contribution in [3.8, 4) is 0 Å². The van der Waals surface area contributed by atoms with Crippen molar-refractivity contribution >= 4 is 11.6 Å². The highest BCUT2D eigenvalue weighted by Crippen LogP contribution is 2.31. The first-order chi connectivity index (χ1) is 12.2. The summed E-state index contributed by atoms with van der Waals surface area (Å²) in [5.74, 6) is 0.382. The predicted molar refractivity (Wildman–Crippen MR) is 97.4 cm³/mol. The van der Waals surface area contributed by atoms with Gasteiger partial charge >= 0.3 is 0 Å². The Morgan fingerprint density at radius 2 is 1.88 bits per heavy atom. The Morgan fingerprint density at radius 3 is 2.68 bits per heavy atom. The van der Waals surface area contributed by atoms with Crippen LogP contribution in [0.15, 0.2) is 59.8 Å². The topological polar surface area (TPSA) is 41.9 Å². The molecule has 0 aliphatic carbocycles. The molecule has 0 spiro atoms. The van der Waals surface area contributed by atoms with Crippen molar-refractivity contribution in [2.45, 2.75) is 25.9 Å². The maximum atomic E-state index is 12.6. The normalized spacial score (nSPS) is 21.6. The third-order valence-corrected chi connectivity index (χ3v) is 5.15. The van der Waals surface area contributed by atoms with Crippen molar-refractivity contribution in [3.63, 3.8) is 0 Å². The summed E-state index contributed by atoms with van der Waals surface area (Å²) in [5.41, 5.74) is 4.52. The van der Waals surface area contributed by atoms with Crippen LogP contribution in [0.4, 0.5) is 0 Å². The average Bonchev–Trinajstić information content (AvgIpc) is 3.22. The van der Waals surface area contributed by atoms with Crippen molar-refractivity contribution in [1.82, 2.24) is 4.90 Å². The Bertz CT molecular complexity index is 801. The SMILES string of the molecule is Cc1ccccc1C1=NOC2CN(C(=O)CCc3ccccc3)CC12. The van der Waals surface area contributed by atoms with Gasteiger partial charge in [0.15, 0.2) is 6.10 Å². The van der Waals surface area contributed by atoms with Crippen LogP contribution >= 0.6 is 0 Å². The van der Waals surface area contributed by atoms with Gasteiger partial charge in [0.1, 0.15) is 0 Å². The van der Waals surface area contributed by atoms with E-state index in [4.69, 9.17) is 4.84 Å². The molecule has 4 rings (SSSR count). The van der Waals surface area contributed by atoms with E-state index in [0.717, 1.165) is 17.7 Å². The molecule has 0 radical (unpaired) electrons. The number of carbonyl (C=O) groups is 1. The zero-order chi connectivity index (χ0) is 17.2. The molecule has 2 unspecified atom stereocenters. The van der Waals surface area contributed by atoms with E-state index in [0.29, 0.717) is 19.5 Å². The van der Waals surface area contributed by atoms with Gasteiger partial charge in [0.2, 0.25) is 5.91 Å². The van der Waals surface area contributed by atoms with Gasteiger partial charge < -0.3 is 9.74 Å². The van der Waals surface area contributed by atoms with E-state index in [1.807, 2.05) is 35.2 Å². The number of aryl methyl sites for hydroxylation is 2. The highest BCUT2D eigenvalue weighted by atomic mass is 16.6. The van der Waals surface area contributed by atoms with Gasteiger partial charge in [-0.05, 0) is 24.5 Å². The second-order valence-electron chi connectivity index (χ2n) is 6.83. The van der Waals surface area contributed by atoms with Crippen LogP contribution in [0.1, 0.15) is 23.1 Å². The zero-order valence-corrected chi connectivity index (χ0v) is 14.4. The first kappa shape index (κ1) is 15.9. The van der Waals surface area contributed by atoms with E-state index in [2.05, 4.69) is 36.3 Å². The fraction of sp³-hybridized carbons (Fsp3) is 0.333. The lowest BCUT2D eigenvalue weighted by molar-refractivity contribution is -0.130. The number of amides is 1. The van der Waals surface area contributed by atoms with Gasteiger partial charge in [-0.1, -0.05) is 59.8 Å². The molecule has 0 bridgehead atoms. The third-order valence-electron chi connectivity index (χ3n) is 5.15. The van der Waals surface area contributed by atoms with E-state index in [-0.39, 0.29) is 17.9 Å². The summed E-state index contributed by atoms with van der Waals surface area (Å²) in [4.78, 5) is 20.2. The average molecular weight is 334 g/mol. The quantitative estimate of drug-likeness (QED) is 0.862. The van der Waals surface area contributed by atoms with Crippen LogP contribution in [-0.4, -0.2) is 35.7 Å². The Hall–Kier alpha value is -2.62. The summed E-state index contributed by atoms with van der Waals surface area (Å²) in [6.07, 6.45) is 1.32. The molecule has 1 amide bonds. The number of likely N-dealkylation sites (tertiary alicyclic amines) is 1. The van der Waals surface area contributed by atoms with Gasteiger partial charge in [-0.2, -0.15) is 0 Å². The minimum absolute atomic E-state index is 0.00437. The zero-order valence-electron chi connectivity index (χ0n) is 14.4. The number of fused-ring (bicyclic) bond motifs is 1. The molecule has 2 atom stereocenters. The minimum atomic E-state index is -0.00437. The van der Waals surface area contributed by atoms with Crippen molar-refractivity contribution in [2.24, 2.45) is 11.1 Å². The lowest BCUT2D eigenvalue weighted by Crippen LogP contribution is -2.30. The predicted octanol–water partition coefficient (Wildman–Crippen LogP) is 3.19. The lowest BCUT2D eigenvalue weighted by Gasteiger charge is -2.17. The van der Waals surface area contributed by atoms with Crippen LogP contribution in [0, 0.1) is 12.8 Å². The molecule has 4 heteroatoms. The molecule has 2 aliphatic heterocycles. The highest BCUT2D eigenvalue weighted by molar-refractivity contribution is 6.04. The fourth-order valence-electron chi connectivity index (χ4n) is 3.70. The molecule has 4 nitrogen and oxygen atoms in total. The van der Waals surface area contributed by atoms with Gasteiger partial charge in [-0.3, -0.25) is 4.79 Å². The van der Waals surface area contributed by atoms with Crippen molar-refractivity contribution < 1.29 is 9.63 Å². The number of carbonyl (C=O) groups excluding carboxylic acids is 1. The van der Waals surface area contributed by atoms with Gasteiger partial charge in [-0.15, -0.1) is 0 Å². The maximum Gasteiger partial charge on any atom is 0.223 e. The van der Waals surface area contributed by atoms with Gasteiger partial charge in [-0.25, -0.2) is 0 Å². The number of nitrogens with zero attached hydrogens (tertiary/aromatic N) is 2. The number of benzene rings is 2. The van der Waals surface area contributed by atoms with Crippen LogP contribution in [0.5, 0.6) is 0 Å². The van der Waals surface area contributed by atoms with Crippen LogP contribution < -0.4 is 0 Å². The molecule has 2 heterocycles. The van der Waals surface area contributed by atoms with Crippen molar-refractivity contribution in [1.29, 1.82) is 0 Å². The van der Waals surface area contributed by atoms with Gasteiger partial charge in [0, 0.05) is 18.5 Å². The standard InChI is InChI=1S/C21H22N2O2/c1-15-7-5-6-10-17(15)21-18-13-23(14-19(18)25-22-21)20(24)12-11-16-8-3-2-4-9-16/h2-10,18-19H,11-14H2,1H3. The monoisotopic (exact) mass is 334 g/mol. The number of hydrogen-bond acceptors (Lipinski definition) is 3. The molecule has 1 saturated heterocycles. The number of oxime groups is 1. The summed E-state index contributed by atoms with van der Waals surface area (Å²) < 4.78 is 0. The maximum absolute atomic E-state index is 12.6. The molecule has 128 valence electrons. The third kappa shape index (κ3) is 3.16. The smallest absolute Gasteiger partial charge is 0.223 e. The second kappa shape index (κ2) is 6.71. The fourth-order valence-corrected chi connectivity index (χ4v) is 3.70. The summed E-state index contributed by atoms with van der Waals surface area (Å²) >= 11 is 0. The molecule has 25 heavy (non-hydrogen) atoms. The summed E-state index contributed by atoms with van der Waals surface area (Å²) in [6.45, 7) is 3.42. The Morgan fingerprint density at radius 1 is 1.12 bits per heavy atom.